The van der Waals surface area contributed by atoms with Crippen molar-refractivity contribution < 1.29 is 14.3 Å². The largest absolute Gasteiger partial charge is 0.497 e. The molecule has 2 heterocycles. The summed E-state index contributed by atoms with van der Waals surface area (Å²) >= 11 is 0. The van der Waals surface area contributed by atoms with Gasteiger partial charge in [-0.3, -0.25) is 9.59 Å². The highest BCUT2D eigenvalue weighted by atomic mass is 16.5. The monoisotopic (exact) mass is 404 g/mol. The van der Waals surface area contributed by atoms with E-state index in [9.17, 15) is 9.59 Å². The Balaban J connectivity index is 1.64. The normalized spacial score (nSPS) is 27.2. The van der Waals surface area contributed by atoms with Crippen molar-refractivity contribution in [1.82, 2.24) is 4.90 Å². The molecule has 2 atom stereocenters. The molecule has 156 valence electrons. The lowest BCUT2D eigenvalue weighted by molar-refractivity contribution is -0.213. The highest BCUT2D eigenvalue weighted by Gasteiger charge is 2.83. The standard InChI is InChI=1S/C25H28N2O3/c1-17-7-9-18(10-8-17)21-25(22(28)26(2)24(25)15-5-4-6-16-24)23(29)27(21)19-11-13-20(30-3)14-12-19/h7-14,21H,4-6,15-16H2,1-3H3/t21-,25+/m0/s1. The Bertz CT molecular complexity index is 992. The van der Waals surface area contributed by atoms with Gasteiger partial charge in [-0.25, -0.2) is 0 Å². The molecular formula is C25H28N2O3. The Labute approximate surface area is 177 Å². The summed E-state index contributed by atoms with van der Waals surface area (Å²) in [4.78, 5) is 31.0. The lowest BCUT2D eigenvalue weighted by Crippen LogP contribution is -2.89. The molecule has 5 heteroatoms. The Morgan fingerprint density at radius 3 is 2.13 bits per heavy atom. The van der Waals surface area contributed by atoms with Crippen molar-refractivity contribution in [2.45, 2.75) is 50.6 Å². The fraction of sp³-hybridized carbons (Fsp3) is 0.440. The number of rotatable bonds is 3. The van der Waals surface area contributed by atoms with Crippen LogP contribution in [0.5, 0.6) is 5.75 Å². The maximum atomic E-state index is 13.8. The van der Waals surface area contributed by atoms with Crippen LogP contribution in [0.4, 0.5) is 5.69 Å². The highest BCUT2D eigenvalue weighted by Crippen LogP contribution is 2.68. The number of benzene rings is 2. The number of fused-ring (bicyclic) bond motifs is 1. The van der Waals surface area contributed by atoms with Gasteiger partial charge in [0.05, 0.1) is 18.7 Å². The second kappa shape index (κ2) is 6.59. The van der Waals surface area contributed by atoms with Crippen LogP contribution in [0, 0.1) is 12.3 Å². The van der Waals surface area contributed by atoms with E-state index in [4.69, 9.17) is 4.74 Å². The quantitative estimate of drug-likeness (QED) is 0.568. The van der Waals surface area contributed by atoms with Crippen molar-refractivity contribution in [3.63, 3.8) is 0 Å². The molecule has 3 fully saturated rings. The van der Waals surface area contributed by atoms with Crippen LogP contribution in [0.25, 0.3) is 0 Å². The first-order chi connectivity index (χ1) is 14.5. The van der Waals surface area contributed by atoms with Gasteiger partial charge in [-0.15, -0.1) is 0 Å². The smallest absolute Gasteiger partial charge is 0.248 e. The zero-order valence-corrected chi connectivity index (χ0v) is 17.9. The van der Waals surface area contributed by atoms with E-state index in [0.717, 1.165) is 42.7 Å². The maximum absolute atomic E-state index is 13.8. The third-order valence-electron chi connectivity index (χ3n) is 7.67. The number of ether oxygens (including phenoxy) is 1. The summed E-state index contributed by atoms with van der Waals surface area (Å²) in [6.45, 7) is 2.05. The van der Waals surface area contributed by atoms with Crippen molar-refractivity contribution in [3.8, 4) is 5.75 Å². The number of likely N-dealkylation sites (tertiary alicyclic amines) is 1. The minimum absolute atomic E-state index is 0.0234. The zero-order chi connectivity index (χ0) is 21.1. The molecule has 30 heavy (non-hydrogen) atoms. The first-order valence-electron chi connectivity index (χ1n) is 10.8. The minimum atomic E-state index is -0.975. The minimum Gasteiger partial charge on any atom is -0.497 e. The number of β-lactam (4-membered cyclic amide) rings is 2. The molecule has 2 saturated heterocycles. The van der Waals surface area contributed by atoms with Crippen molar-refractivity contribution in [2.75, 3.05) is 19.1 Å². The van der Waals surface area contributed by atoms with E-state index in [1.165, 1.54) is 12.0 Å². The van der Waals surface area contributed by atoms with Crippen molar-refractivity contribution in [3.05, 3.63) is 59.7 Å². The number of hydrogen-bond donors (Lipinski definition) is 0. The van der Waals surface area contributed by atoms with Gasteiger partial charge in [0.1, 0.15) is 5.75 Å². The Morgan fingerprint density at radius 2 is 1.53 bits per heavy atom. The zero-order valence-electron chi connectivity index (χ0n) is 17.9. The summed E-state index contributed by atoms with van der Waals surface area (Å²) in [5.41, 5.74) is 1.67. The third-order valence-corrected chi connectivity index (χ3v) is 7.67. The van der Waals surface area contributed by atoms with Crippen LogP contribution in [0.2, 0.25) is 0 Å². The fourth-order valence-electron chi connectivity index (χ4n) is 6.11. The SMILES string of the molecule is COc1ccc(N2C(=O)[C@]3(C(=O)N(C)C34CCCCC4)[C@@H]2c2ccc(C)cc2)cc1. The van der Waals surface area contributed by atoms with Gasteiger partial charge in [0.2, 0.25) is 11.8 Å². The molecule has 5 nitrogen and oxygen atoms in total. The highest BCUT2D eigenvalue weighted by molar-refractivity contribution is 6.24. The Morgan fingerprint density at radius 1 is 0.900 bits per heavy atom. The topological polar surface area (TPSA) is 49.9 Å². The fourth-order valence-corrected chi connectivity index (χ4v) is 6.11. The predicted octanol–water partition coefficient (Wildman–Crippen LogP) is 4.25. The number of nitrogens with zero attached hydrogens (tertiary/aromatic N) is 2. The van der Waals surface area contributed by atoms with E-state index in [2.05, 4.69) is 31.2 Å². The number of carbonyl (C=O) groups is 2. The molecule has 2 amide bonds. The molecule has 0 radical (unpaired) electrons. The average molecular weight is 405 g/mol. The van der Waals surface area contributed by atoms with E-state index >= 15 is 0 Å². The summed E-state index contributed by atoms with van der Waals surface area (Å²) in [6.07, 6.45) is 5.11. The van der Waals surface area contributed by atoms with Crippen LogP contribution >= 0.6 is 0 Å². The van der Waals surface area contributed by atoms with Crippen LogP contribution in [0.1, 0.15) is 49.3 Å². The number of hydrogen-bond acceptors (Lipinski definition) is 3. The van der Waals surface area contributed by atoms with Crippen LogP contribution in [0.15, 0.2) is 48.5 Å². The van der Waals surface area contributed by atoms with Gasteiger partial charge in [0.25, 0.3) is 0 Å². The van der Waals surface area contributed by atoms with E-state index in [1.807, 2.05) is 41.1 Å². The van der Waals surface area contributed by atoms with Crippen LogP contribution < -0.4 is 9.64 Å². The number of methoxy groups -OCH3 is 1. The molecule has 2 aliphatic heterocycles. The molecule has 5 rings (SSSR count). The van der Waals surface area contributed by atoms with E-state index < -0.39 is 5.41 Å². The molecule has 3 aliphatic rings. The number of amides is 2. The molecule has 1 saturated carbocycles. The molecule has 1 aliphatic carbocycles. The van der Waals surface area contributed by atoms with Gasteiger partial charge < -0.3 is 14.5 Å². The van der Waals surface area contributed by atoms with Gasteiger partial charge in [-0.05, 0) is 49.6 Å². The predicted molar refractivity (Wildman–Crippen MR) is 115 cm³/mol. The summed E-state index contributed by atoms with van der Waals surface area (Å²) in [5, 5.41) is 0. The number of aryl methyl sites for hydroxylation is 1. The number of carbonyl (C=O) groups excluding carboxylic acids is 2. The number of anilines is 1. The second-order valence-electron chi connectivity index (χ2n) is 8.95. The van der Waals surface area contributed by atoms with E-state index in [-0.39, 0.29) is 23.4 Å². The first kappa shape index (κ1) is 19.2. The third kappa shape index (κ3) is 2.18. The van der Waals surface area contributed by atoms with E-state index in [0.29, 0.717) is 0 Å². The van der Waals surface area contributed by atoms with Crippen molar-refractivity contribution in [2.24, 2.45) is 5.41 Å². The maximum Gasteiger partial charge on any atom is 0.248 e. The van der Waals surface area contributed by atoms with Gasteiger partial charge in [-0.2, -0.15) is 0 Å². The summed E-state index contributed by atoms with van der Waals surface area (Å²) < 4.78 is 5.28. The molecule has 2 aromatic rings. The molecule has 0 N–H and O–H groups in total. The van der Waals surface area contributed by atoms with Gasteiger partial charge in [-0.1, -0.05) is 49.1 Å². The molecular weight excluding hydrogens is 376 g/mol. The molecule has 2 spiro atoms. The molecule has 2 aromatic carbocycles. The van der Waals surface area contributed by atoms with Crippen LogP contribution in [-0.4, -0.2) is 36.4 Å². The molecule has 0 aromatic heterocycles. The summed E-state index contributed by atoms with van der Waals surface area (Å²) in [5.74, 6) is 0.671. The van der Waals surface area contributed by atoms with Crippen LogP contribution in [-0.2, 0) is 9.59 Å². The van der Waals surface area contributed by atoms with Crippen molar-refractivity contribution >= 4 is 17.5 Å². The van der Waals surface area contributed by atoms with Crippen LogP contribution in [0.3, 0.4) is 0 Å². The van der Waals surface area contributed by atoms with Gasteiger partial charge >= 0.3 is 0 Å². The second-order valence-corrected chi connectivity index (χ2v) is 8.95. The van der Waals surface area contributed by atoms with Gasteiger partial charge in [0, 0.05) is 12.7 Å². The lowest BCUT2D eigenvalue weighted by atomic mass is 9.46. The molecule has 0 unspecified atom stereocenters. The van der Waals surface area contributed by atoms with Crippen molar-refractivity contribution in [1.29, 1.82) is 0 Å². The summed E-state index contributed by atoms with van der Waals surface area (Å²) in [6, 6.07) is 15.6. The Hall–Kier alpha value is -2.82. The van der Waals surface area contributed by atoms with Gasteiger partial charge in [0.15, 0.2) is 5.41 Å². The first-order valence-corrected chi connectivity index (χ1v) is 10.8. The molecule has 0 bridgehead atoms. The van der Waals surface area contributed by atoms with E-state index in [1.54, 1.807) is 7.11 Å². The Kier molecular flexibility index (Phi) is 4.21. The lowest BCUT2D eigenvalue weighted by Gasteiger charge is -2.73. The average Bonchev–Trinajstić information content (AvgIpc) is 2.79. The summed E-state index contributed by atoms with van der Waals surface area (Å²) in [7, 11) is 3.51.